The lowest BCUT2D eigenvalue weighted by Gasteiger charge is -2.27. The summed E-state index contributed by atoms with van der Waals surface area (Å²) in [6.07, 6.45) is 1.74. The van der Waals surface area contributed by atoms with Crippen molar-refractivity contribution in [2.45, 2.75) is 12.1 Å². The van der Waals surface area contributed by atoms with Crippen LogP contribution in [0.15, 0.2) is 83.4 Å². The van der Waals surface area contributed by atoms with Crippen LogP contribution in [-0.2, 0) is 0 Å². The van der Waals surface area contributed by atoms with Crippen LogP contribution in [0.4, 0.5) is 5.69 Å². The molecule has 1 aliphatic heterocycles. The Morgan fingerprint density at radius 3 is 2.53 bits per heavy atom. The minimum absolute atomic E-state index is 0.212. The number of hydrogen-bond acceptors (Lipinski definition) is 6. The summed E-state index contributed by atoms with van der Waals surface area (Å²) in [6, 6.07) is 20.9. The molecule has 2 unspecified atom stereocenters. The predicted octanol–water partition coefficient (Wildman–Crippen LogP) is 5.23. The van der Waals surface area contributed by atoms with Crippen molar-refractivity contribution in [1.82, 2.24) is 10.3 Å². The normalized spacial score (nSPS) is 17.1. The molecule has 0 aliphatic carbocycles. The van der Waals surface area contributed by atoms with Crippen LogP contribution in [0.3, 0.4) is 0 Å². The molecule has 3 heterocycles. The molecule has 0 bridgehead atoms. The molecule has 9 heteroatoms. The van der Waals surface area contributed by atoms with Crippen LogP contribution in [0.5, 0.6) is 11.5 Å². The summed E-state index contributed by atoms with van der Waals surface area (Å²) >= 11 is 5.79. The molecule has 182 valence electrons. The Morgan fingerprint density at radius 2 is 1.86 bits per heavy atom. The number of carbonyl (C=O) groups is 1. The van der Waals surface area contributed by atoms with Gasteiger partial charge in [-0.15, -0.1) is 0 Å². The summed E-state index contributed by atoms with van der Waals surface area (Å²) in [4.78, 5) is 17.7. The lowest BCUT2D eigenvalue weighted by atomic mass is 10.0. The van der Waals surface area contributed by atoms with Crippen molar-refractivity contribution in [3.05, 3.63) is 96.0 Å². The van der Waals surface area contributed by atoms with Crippen LogP contribution in [0.25, 0.3) is 11.3 Å². The Morgan fingerprint density at radius 1 is 1.06 bits per heavy atom. The van der Waals surface area contributed by atoms with E-state index in [9.17, 15) is 9.90 Å². The first kappa shape index (κ1) is 23.4. The van der Waals surface area contributed by atoms with Gasteiger partial charge in [0.2, 0.25) is 0 Å². The van der Waals surface area contributed by atoms with E-state index in [-0.39, 0.29) is 17.6 Å². The number of ether oxygens (including phenoxy) is 2. The standard InChI is InChI=1S/C27H23N3O5S/c1-33-18-10-11-20(23(15-18)34-2)30-25(24(29-27(30)36)19-5-3-4-14-28-19)22-13-12-21(35-22)16-6-8-17(9-7-16)26(31)32/h3-15,24-25H,1-2H3,(H,29,36)(H,31,32). The van der Waals surface area contributed by atoms with Crippen LogP contribution in [0, 0.1) is 0 Å². The molecular formula is C27H23N3O5S. The third-order valence-corrected chi connectivity index (χ3v) is 6.39. The monoisotopic (exact) mass is 501 g/mol. The fraction of sp³-hybridized carbons (Fsp3) is 0.148. The molecule has 0 saturated carbocycles. The topological polar surface area (TPSA) is 97.1 Å². The molecule has 2 N–H and O–H groups in total. The zero-order valence-electron chi connectivity index (χ0n) is 19.5. The van der Waals surface area contributed by atoms with Crippen molar-refractivity contribution in [2.75, 3.05) is 19.1 Å². The number of nitrogens with zero attached hydrogens (tertiary/aromatic N) is 2. The minimum Gasteiger partial charge on any atom is -0.497 e. The first-order valence-corrected chi connectivity index (χ1v) is 11.6. The highest BCUT2D eigenvalue weighted by molar-refractivity contribution is 7.80. The molecule has 4 aromatic rings. The lowest BCUT2D eigenvalue weighted by Crippen LogP contribution is -2.29. The fourth-order valence-electron chi connectivity index (χ4n) is 4.33. The van der Waals surface area contributed by atoms with E-state index in [4.69, 9.17) is 26.1 Å². The van der Waals surface area contributed by atoms with E-state index in [2.05, 4.69) is 10.3 Å². The smallest absolute Gasteiger partial charge is 0.335 e. The number of rotatable bonds is 7. The zero-order valence-corrected chi connectivity index (χ0v) is 20.4. The SMILES string of the molecule is COc1ccc(N2C(=S)NC(c3ccccn3)C2c2ccc(-c3ccc(C(=O)O)cc3)o2)c(OC)c1. The lowest BCUT2D eigenvalue weighted by molar-refractivity contribution is 0.0697. The number of thiocarbonyl (C=S) groups is 1. The maximum Gasteiger partial charge on any atom is 0.335 e. The van der Waals surface area contributed by atoms with Gasteiger partial charge in [0.05, 0.1) is 37.2 Å². The number of hydrogen-bond donors (Lipinski definition) is 2. The molecule has 8 nitrogen and oxygen atoms in total. The number of carboxylic acids is 1. The molecular weight excluding hydrogens is 478 g/mol. The van der Waals surface area contributed by atoms with Crippen LogP contribution < -0.4 is 19.7 Å². The van der Waals surface area contributed by atoms with Gasteiger partial charge in [0, 0.05) is 17.8 Å². The van der Waals surface area contributed by atoms with Gasteiger partial charge in [-0.1, -0.05) is 18.2 Å². The van der Waals surface area contributed by atoms with Crippen LogP contribution in [0.2, 0.25) is 0 Å². The molecule has 0 spiro atoms. The molecule has 2 aromatic carbocycles. The number of furan rings is 1. The fourth-order valence-corrected chi connectivity index (χ4v) is 4.67. The molecule has 2 atom stereocenters. The highest BCUT2D eigenvalue weighted by Crippen LogP contribution is 2.46. The summed E-state index contributed by atoms with van der Waals surface area (Å²) < 4.78 is 17.4. The molecule has 5 rings (SSSR count). The molecule has 0 amide bonds. The van der Waals surface area contributed by atoms with Gasteiger partial charge in [-0.3, -0.25) is 4.98 Å². The molecule has 1 aliphatic rings. The average Bonchev–Trinajstić information content (AvgIpc) is 3.53. The summed E-state index contributed by atoms with van der Waals surface area (Å²) in [5.41, 5.74) is 2.54. The number of pyridine rings is 1. The van der Waals surface area contributed by atoms with Crippen LogP contribution in [0.1, 0.15) is 33.9 Å². The van der Waals surface area contributed by atoms with Crippen LogP contribution in [-0.4, -0.2) is 35.4 Å². The molecule has 1 saturated heterocycles. The first-order valence-electron chi connectivity index (χ1n) is 11.2. The summed E-state index contributed by atoms with van der Waals surface area (Å²) in [5.74, 6) is 1.56. The second-order valence-electron chi connectivity index (χ2n) is 8.12. The van der Waals surface area contributed by atoms with Crippen LogP contribution >= 0.6 is 12.2 Å². The molecule has 2 aromatic heterocycles. The van der Waals surface area contributed by atoms with E-state index in [1.54, 1.807) is 50.7 Å². The van der Waals surface area contributed by atoms with Crippen molar-refractivity contribution in [2.24, 2.45) is 0 Å². The van der Waals surface area contributed by atoms with E-state index >= 15 is 0 Å². The van der Waals surface area contributed by atoms with Crippen molar-refractivity contribution >= 4 is 29.0 Å². The highest BCUT2D eigenvalue weighted by Gasteiger charge is 2.43. The van der Waals surface area contributed by atoms with Gasteiger partial charge in [0.1, 0.15) is 29.1 Å². The quantitative estimate of drug-likeness (QED) is 0.330. The first-order chi connectivity index (χ1) is 17.5. The number of nitrogens with one attached hydrogen (secondary N) is 1. The maximum absolute atomic E-state index is 11.2. The number of benzene rings is 2. The second-order valence-corrected chi connectivity index (χ2v) is 8.51. The van der Waals surface area contributed by atoms with Gasteiger partial charge in [-0.25, -0.2) is 4.79 Å². The third-order valence-electron chi connectivity index (χ3n) is 6.08. The highest BCUT2D eigenvalue weighted by atomic mass is 32.1. The average molecular weight is 502 g/mol. The Hall–Kier alpha value is -4.37. The number of methoxy groups -OCH3 is 2. The molecule has 1 fully saturated rings. The van der Waals surface area contributed by atoms with Gasteiger partial charge in [0.15, 0.2) is 5.11 Å². The van der Waals surface area contributed by atoms with Crippen molar-refractivity contribution in [3.63, 3.8) is 0 Å². The summed E-state index contributed by atoms with van der Waals surface area (Å²) in [7, 11) is 3.20. The number of anilines is 1. The van der Waals surface area contributed by atoms with Crippen molar-refractivity contribution in [3.8, 4) is 22.8 Å². The second kappa shape index (κ2) is 9.71. The van der Waals surface area contributed by atoms with E-state index in [1.807, 2.05) is 47.4 Å². The maximum atomic E-state index is 11.2. The minimum atomic E-state index is -0.977. The van der Waals surface area contributed by atoms with E-state index in [0.29, 0.717) is 28.1 Å². The predicted molar refractivity (Wildman–Crippen MR) is 139 cm³/mol. The van der Waals surface area contributed by atoms with Gasteiger partial charge < -0.3 is 29.2 Å². The number of aromatic nitrogens is 1. The van der Waals surface area contributed by atoms with E-state index < -0.39 is 5.97 Å². The van der Waals surface area contributed by atoms with E-state index in [1.165, 1.54) is 0 Å². The summed E-state index contributed by atoms with van der Waals surface area (Å²) in [6.45, 7) is 0. The Balaban J connectivity index is 1.59. The van der Waals surface area contributed by atoms with E-state index in [0.717, 1.165) is 16.9 Å². The van der Waals surface area contributed by atoms with Gasteiger partial charge in [-0.2, -0.15) is 0 Å². The van der Waals surface area contributed by atoms with Gasteiger partial charge >= 0.3 is 5.97 Å². The molecule has 0 radical (unpaired) electrons. The molecule has 36 heavy (non-hydrogen) atoms. The van der Waals surface area contributed by atoms with Gasteiger partial charge in [0.25, 0.3) is 0 Å². The van der Waals surface area contributed by atoms with Gasteiger partial charge in [-0.05, 0) is 60.7 Å². The summed E-state index contributed by atoms with van der Waals surface area (Å²) in [5, 5.41) is 13.1. The third kappa shape index (κ3) is 4.25. The van der Waals surface area contributed by atoms with Crippen molar-refractivity contribution < 1.29 is 23.8 Å². The zero-order chi connectivity index (χ0) is 25.2. The Bertz CT molecular complexity index is 1400. The Labute approximate surface area is 213 Å². The number of carboxylic acid groups (broad SMARTS) is 1. The largest absolute Gasteiger partial charge is 0.497 e. The van der Waals surface area contributed by atoms with Crippen molar-refractivity contribution in [1.29, 1.82) is 0 Å². The number of aromatic carboxylic acids is 1. The Kier molecular flexibility index (Phi) is 6.30.